The third-order valence-electron chi connectivity index (χ3n) is 5.42. The van der Waals surface area contributed by atoms with Crippen LogP contribution < -0.4 is 10.6 Å². The summed E-state index contributed by atoms with van der Waals surface area (Å²) >= 11 is 0. The molecule has 2 aromatic heterocycles. The summed E-state index contributed by atoms with van der Waals surface area (Å²) in [5.74, 6) is -0.649. The molecule has 1 aliphatic rings. The van der Waals surface area contributed by atoms with Gasteiger partial charge < -0.3 is 15.2 Å². The highest BCUT2D eigenvalue weighted by atomic mass is 19.4. The predicted molar refractivity (Wildman–Crippen MR) is 120 cm³/mol. The molecule has 3 aromatic rings. The fourth-order valence-electron chi connectivity index (χ4n) is 3.30. The smallest absolute Gasteiger partial charge is 0.345 e. The summed E-state index contributed by atoms with van der Waals surface area (Å²) in [6.45, 7) is 5.09. The predicted octanol–water partition coefficient (Wildman–Crippen LogP) is 4.73. The summed E-state index contributed by atoms with van der Waals surface area (Å²) in [6, 6.07) is 6.92. The van der Waals surface area contributed by atoms with Gasteiger partial charge in [-0.15, -0.1) is 0 Å². The number of anilines is 1. The van der Waals surface area contributed by atoms with E-state index in [-0.39, 0.29) is 41.5 Å². The SMILES string of the molecule is CC(C)(C)c1nc(C(=O)NCc2ccc(-c3ccnc(NC(=O)C4CC4)c3)cc2C(F)(F)F)no1. The van der Waals surface area contributed by atoms with Gasteiger partial charge in [0.15, 0.2) is 0 Å². The molecule has 0 bridgehead atoms. The molecule has 2 amide bonds. The van der Waals surface area contributed by atoms with Gasteiger partial charge in [0.1, 0.15) is 5.82 Å². The number of hydrogen-bond donors (Lipinski definition) is 2. The van der Waals surface area contributed by atoms with Gasteiger partial charge in [0.2, 0.25) is 11.8 Å². The molecule has 4 rings (SSSR count). The zero-order chi connectivity index (χ0) is 25.4. The van der Waals surface area contributed by atoms with Crippen molar-refractivity contribution in [2.75, 3.05) is 5.32 Å². The Morgan fingerprint density at radius 1 is 1.09 bits per heavy atom. The van der Waals surface area contributed by atoms with E-state index in [0.29, 0.717) is 11.1 Å². The van der Waals surface area contributed by atoms with Crippen LogP contribution in [0.25, 0.3) is 11.1 Å². The minimum absolute atomic E-state index is 0.0284. The molecule has 0 aliphatic heterocycles. The highest BCUT2D eigenvalue weighted by Crippen LogP contribution is 2.36. The third-order valence-corrected chi connectivity index (χ3v) is 5.42. The molecule has 1 aromatic carbocycles. The number of nitrogens with zero attached hydrogens (tertiary/aromatic N) is 3. The van der Waals surface area contributed by atoms with E-state index in [1.54, 1.807) is 6.07 Å². The Morgan fingerprint density at radius 3 is 2.43 bits per heavy atom. The van der Waals surface area contributed by atoms with Gasteiger partial charge in [0.25, 0.3) is 11.7 Å². The molecule has 0 unspecified atom stereocenters. The second kappa shape index (κ2) is 9.12. The van der Waals surface area contributed by atoms with Crippen molar-refractivity contribution in [3.05, 3.63) is 59.4 Å². The van der Waals surface area contributed by atoms with Crippen molar-refractivity contribution in [3.63, 3.8) is 0 Å². The van der Waals surface area contributed by atoms with Crippen molar-refractivity contribution in [1.29, 1.82) is 0 Å². The zero-order valence-corrected chi connectivity index (χ0v) is 19.4. The summed E-state index contributed by atoms with van der Waals surface area (Å²) in [7, 11) is 0. The molecule has 8 nitrogen and oxygen atoms in total. The first-order valence-electron chi connectivity index (χ1n) is 11.0. The molecule has 1 aliphatic carbocycles. The van der Waals surface area contributed by atoms with Crippen molar-refractivity contribution >= 4 is 17.6 Å². The molecule has 11 heteroatoms. The summed E-state index contributed by atoms with van der Waals surface area (Å²) in [5.41, 5.74) is -0.721. The second-order valence-electron chi connectivity index (χ2n) is 9.42. The van der Waals surface area contributed by atoms with Crippen molar-refractivity contribution in [2.24, 2.45) is 5.92 Å². The van der Waals surface area contributed by atoms with Crippen LogP contribution in [0.1, 0.15) is 61.2 Å². The molecule has 1 saturated carbocycles. The van der Waals surface area contributed by atoms with Gasteiger partial charge >= 0.3 is 6.18 Å². The number of amides is 2. The minimum atomic E-state index is -4.66. The lowest BCUT2D eigenvalue weighted by atomic mass is 9.97. The third kappa shape index (κ3) is 5.84. The van der Waals surface area contributed by atoms with Crippen LogP contribution in [0.3, 0.4) is 0 Å². The van der Waals surface area contributed by atoms with Crippen LogP contribution in [-0.4, -0.2) is 26.9 Å². The van der Waals surface area contributed by atoms with Gasteiger partial charge in [0.05, 0.1) is 5.56 Å². The first-order chi connectivity index (χ1) is 16.4. The Balaban J connectivity index is 1.53. The highest BCUT2D eigenvalue weighted by molar-refractivity contribution is 5.93. The maximum atomic E-state index is 13.9. The number of carbonyl (C=O) groups excluding carboxylic acids is 2. The number of carbonyl (C=O) groups is 2. The van der Waals surface area contributed by atoms with Crippen LogP contribution in [0.2, 0.25) is 0 Å². The summed E-state index contributed by atoms with van der Waals surface area (Å²) in [4.78, 5) is 32.4. The average Bonchev–Trinajstić information content (AvgIpc) is 3.52. The monoisotopic (exact) mass is 487 g/mol. The molecule has 0 radical (unpaired) electrons. The first-order valence-corrected chi connectivity index (χ1v) is 11.0. The number of alkyl halides is 3. The van der Waals surface area contributed by atoms with Crippen molar-refractivity contribution in [3.8, 4) is 11.1 Å². The van der Waals surface area contributed by atoms with Gasteiger partial charge in [-0.3, -0.25) is 9.59 Å². The van der Waals surface area contributed by atoms with Crippen LogP contribution >= 0.6 is 0 Å². The lowest BCUT2D eigenvalue weighted by Gasteiger charge is -2.15. The highest BCUT2D eigenvalue weighted by Gasteiger charge is 2.34. The summed E-state index contributed by atoms with van der Waals surface area (Å²) in [5, 5.41) is 8.71. The van der Waals surface area contributed by atoms with Gasteiger partial charge in [0, 0.05) is 24.1 Å². The quantitative estimate of drug-likeness (QED) is 0.520. The molecule has 184 valence electrons. The van der Waals surface area contributed by atoms with Gasteiger partial charge in [-0.1, -0.05) is 38.1 Å². The molecular formula is C24H24F3N5O3. The molecule has 0 atom stereocenters. The van der Waals surface area contributed by atoms with Gasteiger partial charge in [-0.25, -0.2) is 4.98 Å². The van der Waals surface area contributed by atoms with Crippen molar-refractivity contribution < 1.29 is 27.3 Å². The van der Waals surface area contributed by atoms with E-state index in [1.165, 1.54) is 24.4 Å². The van der Waals surface area contributed by atoms with E-state index in [4.69, 9.17) is 4.52 Å². The van der Waals surface area contributed by atoms with Crippen LogP contribution in [0, 0.1) is 5.92 Å². The number of nitrogens with one attached hydrogen (secondary N) is 2. The minimum Gasteiger partial charge on any atom is -0.345 e. The Bertz CT molecular complexity index is 1260. The van der Waals surface area contributed by atoms with Gasteiger partial charge in [-0.05, 0) is 47.7 Å². The Morgan fingerprint density at radius 2 is 1.80 bits per heavy atom. The number of rotatable bonds is 6. The maximum Gasteiger partial charge on any atom is 0.416 e. The number of hydrogen-bond acceptors (Lipinski definition) is 6. The van der Waals surface area contributed by atoms with E-state index in [9.17, 15) is 22.8 Å². The van der Waals surface area contributed by atoms with E-state index in [0.717, 1.165) is 18.9 Å². The second-order valence-corrected chi connectivity index (χ2v) is 9.42. The lowest BCUT2D eigenvalue weighted by molar-refractivity contribution is -0.138. The van der Waals surface area contributed by atoms with Crippen LogP contribution in [0.5, 0.6) is 0 Å². The van der Waals surface area contributed by atoms with Crippen molar-refractivity contribution in [2.45, 2.75) is 51.7 Å². The molecule has 2 N–H and O–H groups in total. The largest absolute Gasteiger partial charge is 0.416 e. The van der Waals surface area contributed by atoms with Crippen molar-refractivity contribution in [1.82, 2.24) is 20.4 Å². The van der Waals surface area contributed by atoms with E-state index < -0.39 is 23.1 Å². The first kappa shape index (κ1) is 24.4. The molecule has 35 heavy (non-hydrogen) atoms. The van der Waals surface area contributed by atoms with Crippen LogP contribution in [0.15, 0.2) is 41.1 Å². The van der Waals surface area contributed by atoms with E-state index in [2.05, 4.69) is 25.8 Å². The maximum absolute atomic E-state index is 13.9. The fourth-order valence-corrected chi connectivity index (χ4v) is 3.30. The molecule has 1 fully saturated rings. The Labute approximate surface area is 199 Å². The fraction of sp³-hybridized carbons (Fsp3) is 0.375. The average molecular weight is 487 g/mol. The Kier molecular flexibility index (Phi) is 6.35. The van der Waals surface area contributed by atoms with Crippen LogP contribution in [0.4, 0.5) is 19.0 Å². The number of halogens is 3. The summed E-state index contributed by atoms with van der Waals surface area (Å²) in [6.07, 6.45) is -1.58. The summed E-state index contributed by atoms with van der Waals surface area (Å²) < 4.78 is 46.6. The standard InChI is InChI=1S/C24H24F3N5O3/c1-23(2,3)22-31-19(32-35-22)21(34)29-12-16-7-6-14(10-17(16)24(25,26)27)15-8-9-28-18(11-15)30-20(33)13-4-5-13/h6-11,13H,4-5,12H2,1-3H3,(H,29,34)(H,28,30,33). The molecule has 0 spiro atoms. The molecule has 0 saturated heterocycles. The molecular weight excluding hydrogens is 463 g/mol. The van der Waals surface area contributed by atoms with Crippen LogP contribution in [-0.2, 0) is 22.9 Å². The topological polar surface area (TPSA) is 110 Å². The number of benzene rings is 1. The van der Waals surface area contributed by atoms with E-state index in [1.807, 2.05) is 20.8 Å². The Hall–Kier alpha value is -3.76. The zero-order valence-electron chi connectivity index (χ0n) is 19.4. The lowest BCUT2D eigenvalue weighted by Crippen LogP contribution is -2.26. The number of aromatic nitrogens is 3. The van der Waals surface area contributed by atoms with Gasteiger partial charge in [-0.2, -0.15) is 18.2 Å². The molecule has 2 heterocycles. The van der Waals surface area contributed by atoms with E-state index >= 15 is 0 Å². The number of pyridine rings is 1. The normalized spacial score (nSPS) is 14.0.